The van der Waals surface area contributed by atoms with Gasteiger partial charge < -0.3 is 14.7 Å². The molecule has 1 aromatic carbocycles. The summed E-state index contributed by atoms with van der Waals surface area (Å²) in [4.78, 5) is 16.3. The summed E-state index contributed by atoms with van der Waals surface area (Å²) < 4.78 is 5.03. The van der Waals surface area contributed by atoms with Gasteiger partial charge in [-0.3, -0.25) is 4.90 Å². The van der Waals surface area contributed by atoms with Crippen LogP contribution in [-0.2, 0) is 13.1 Å². The van der Waals surface area contributed by atoms with Gasteiger partial charge in [-0.25, -0.2) is 4.79 Å². The molecule has 6 nitrogen and oxygen atoms in total. The monoisotopic (exact) mass is 328 g/mol. The third-order valence-corrected chi connectivity index (χ3v) is 4.27. The molecule has 0 bridgehead atoms. The van der Waals surface area contributed by atoms with Gasteiger partial charge in [-0.15, -0.1) is 0 Å². The van der Waals surface area contributed by atoms with Crippen LogP contribution in [0, 0.1) is 6.92 Å². The molecule has 0 spiro atoms. The molecule has 3 rings (SSSR count). The predicted octanol–water partition coefficient (Wildman–Crippen LogP) is 2.40. The van der Waals surface area contributed by atoms with E-state index in [1.165, 1.54) is 5.56 Å². The predicted molar refractivity (Wildman–Crippen MR) is 91.4 cm³/mol. The van der Waals surface area contributed by atoms with Crippen molar-refractivity contribution in [1.82, 2.24) is 20.3 Å². The third kappa shape index (κ3) is 4.35. The van der Waals surface area contributed by atoms with Gasteiger partial charge in [0, 0.05) is 38.8 Å². The van der Waals surface area contributed by atoms with Crippen LogP contribution in [0.5, 0.6) is 0 Å². The number of carbonyl (C=O) groups is 1. The number of urea groups is 1. The molecule has 1 saturated heterocycles. The Hall–Kier alpha value is -2.34. The van der Waals surface area contributed by atoms with Gasteiger partial charge in [0.05, 0.1) is 6.54 Å². The second kappa shape index (κ2) is 7.49. The molecule has 1 aromatic heterocycles. The van der Waals surface area contributed by atoms with E-state index in [4.69, 9.17) is 4.52 Å². The van der Waals surface area contributed by atoms with E-state index in [-0.39, 0.29) is 12.1 Å². The van der Waals surface area contributed by atoms with Gasteiger partial charge in [0.25, 0.3) is 0 Å². The Morgan fingerprint density at radius 2 is 2.21 bits per heavy atom. The Morgan fingerprint density at radius 3 is 2.92 bits per heavy atom. The number of hydrogen-bond donors (Lipinski definition) is 1. The Balaban J connectivity index is 1.45. The normalized spacial score (nSPS) is 17.8. The van der Waals surface area contributed by atoms with E-state index in [0.717, 1.165) is 37.5 Å². The number of rotatable bonds is 5. The van der Waals surface area contributed by atoms with Crippen molar-refractivity contribution in [3.63, 3.8) is 0 Å². The summed E-state index contributed by atoms with van der Waals surface area (Å²) in [6.45, 7) is 5.12. The Kier molecular flexibility index (Phi) is 5.15. The van der Waals surface area contributed by atoms with Gasteiger partial charge >= 0.3 is 6.03 Å². The first-order chi connectivity index (χ1) is 11.6. The van der Waals surface area contributed by atoms with Crippen molar-refractivity contribution in [2.45, 2.75) is 32.5 Å². The Bertz CT molecular complexity index is 671. The van der Waals surface area contributed by atoms with E-state index < -0.39 is 0 Å². The number of aromatic nitrogens is 1. The first kappa shape index (κ1) is 16.5. The summed E-state index contributed by atoms with van der Waals surface area (Å²) in [5.41, 5.74) is 2.07. The van der Waals surface area contributed by atoms with Crippen LogP contribution >= 0.6 is 0 Å². The van der Waals surface area contributed by atoms with Crippen LogP contribution in [-0.4, -0.2) is 47.2 Å². The zero-order valence-corrected chi connectivity index (χ0v) is 14.2. The highest BCUT2D eigenvalue weighted by atomic mass is 16.5. The molecular weight excluding hydrogens is 304 g/mol. The molecule has 1 N–H and O–H groups in total. The Morgan fingerprint density at radius 1 is 1.42 bits per heavy atom. The standard InChI is InChI=1S/C18H24N4O2/c1-14-10-17(20-24-14)12-21(2)18(23)19-16-8-9-22(13-16)11-15-6-4-3-5-7-15/h3-7,10,16H,8-9,11-13H2,1-2H3,(H,19,23)/t16-/m1/s1. The largest absolute Gasteiger partial charge is 0.361 e. The minimum atomic E-state index is -0.0674. The minimum absolute atomic E-state index is 0.0674. The second-order valence-corrected chi connectivity index (χ2v) is 6.44. The van der Waals surface area contributed by atoms with E-state index in [2.05, 4.69) is 39.6 Å². The first-order valence-electron chi connectivity index (χ1n) is 8.30. The fourth-order valence-electron chi connectivity index (χ4n) is 3.03. The molecule has 1 aliphatic rings. The van der Waals surface area contributed by atoms with Crippen LogP contribution in [0.15, 0.2) is 40.9 Å². The number of aryl methyl sites for hydroxylation is 1. The van der Waals surface area contributed by atoms with Gasteiger partial charge in [0.15, 0.2) is 0 Å². The van der Waals surface area contributed by atoms with Crippen molar-refractivity contribution >= 4 is 6.03 Å². The molecule has 1 atom stereocenters. The molecule has 24 heavy (non-hydrogen) atoms. The van der Waals surface area contributed by atoms with Gasteiger partial charge in [-0.05, 0) is 18.9 Å². The Labute approximate surface area is 142 Å². The maximum Gasteiger partial charge on any atom is 0.317 e. The van der Waals surface area contributed by atoms with Crippen LogP contribution in [0.25, 0.3) is 0 Å². The number of benzene rings is 1. The van der Waals surface area contributed by atoms with Crippen molar-refractivity contribution in [3.05, 3.63) is 53.4 Å². The molecule has 2 heterocycles. The van der Waals surface area contributed by atoms with Crippen LogP contribution < -0.4 is 5.32 Å². The van der Waals surface area contributed by atoms with E-state index in [1.807, 2.05) is 19.1 Å². The van der Waals surface area contributed by atoms with E-state index in [1.54, 1.807) is 11.9 Å². The molecule has 1 fully saturated rings. The molecule has 2 amide bonds. The number of carbonyl (C=O) groups excluding carboxylic acids is 1. The fraction of sp³-hybridized carbons (Fsp3) is 0.444. The lowest BCUT2D eigenvalue weighted by Gasteiger charge is -2.21. The van der Waals surface area contributed by atoms with E-state index in [9.17, 15) is 4.79 Å². The summed E-state index contributed by atoms with van der Waals surface area (Å²) >= 11 is 0. The van der Waals surface area contributed by atoms with E-state index >= 15 is 0 Å². The summed E-state index contributed by atoms with van der Waals surface area (Å²) in [6, 6.07) is 12.4. The van der Waals surface area contributed by atoms with Crippen molar-refractivity contribution in [2.75, 3.05) is 20.1 Å². The number of hydrogen-bond acceptors (Lipinski definition) is 4. The highest BCUT2D eigenvalue weighted by Gasteiger charge is 2.25. The highest BCUT2D eigenvalue weighted by Crippen LogP contribution is 2.14. The number of amides is 2. The second-order valence-electron chi connectivity index (χ2n) is 6.44. The average Bonchev–Trinajstić information content (AvgIpc) is 3.17. The third-order valence-electron chi connectivity index (χ3n) is 4.27. The number of nitrogens with one attached hydrogen (secondary N) is 1. The highest BCUT2D eigenvalue weighted by molar-refractivity contribution is 5.74. The molecule has 0 aliphatic carbocycles. The maximum absolute atomic E-state index is 12.3. The lowest BCUT2D eigenvalue weighted by molar-refractivity contribution is 0.201. The molecule has 0 unspecified atom stereocenters. The quantitative estimate of drug-likeness (QED) is 0.915. The topological polar surface area (TPSA) is 61.6 Å². The smallest absolute Gasteiger partial charge is 0.317 e. The van der Waals surface area contributed by atoms with Gasteiger partial charge in [0.1, 0.15) is 11.5 Å². The molecule has 128 valence electrons. The lowest BCUT2D eigenvalue weighted by atomic mass is 10.2. The summed E-state index contributed by atoms with van der Waals surface area (Å²) in [5.74, 6) is 0.756. The van der Waals surface area contributed by atoms with Gasteiger partial charge in [-0.2, -0.15) is 0 Å². The molecule has 2 aromatic rings. The summed E-state index contributed by atoms with van der Waals surface area (Å²) in [6.07, 6.45) is 0.982. The minimum Gasteiger partial charge on any atom is -0.361 e. The number of likely N-dealkylation sites (tertiary alicyclic amines) is 1. The SMILES string of the molecule is Cc1cc(CN(C)C(=O)N[C@@H]2CCN(Cc3ccccc3)C2)no1. The number of nitrogens with zero attached hydrogens (tertiary/aromatic N) is 3. The van der Waals surface area contributed by atoms with Crippen molar-refractivity contribution < 1.29 is 9.32 Å². The zero-order valence-electron chi connectivity index (χ0n) is 14.2. The first-order valence-corrected chi connectivity index (χ1v) is 8.30. The average molecular weight is 328 g/mol. The molecular formula is C18H24N4O2. The van der Waals surface area contributed by atoms with Gasteiger partial charge in [-0.1, -0.05) is 35.5 Å². The summed E-state index contributed by atoms with van der Waals surface area (Å²) in [5, 5.41) is 7.03. The van der Waals surface area contributed by atoms with Crippen LogP contribution in [0.2, 0.25) is 0 Å². The van der Waals surface area contributed by atoms with Crippen molar-refractivity contribution in [2.24, 2.45) is 0 Å². The van der Waals surface area contributed by atoms with Crippen molar-refractivity contribution in [1.29, 1.82) is 0 Å². The van der Waals surface area contributed by atoms with Crippen LogP contribution in [0.3, 0.4) is 0 Å². The van der Waals surface area contributed by atoms with Crippen molar-refractivity contribution in [3.8, 4) is 0 Å². The lowest BCUT2D eigenvalue weighted by Crippen LogP contribution is -2.43. The zero-order chi connectivity index (χ0) is 16.9. The fourth-order valence-corrected chi connectivity index (χ4v) is 3.03. The molecule has 0 saturated carbocycles. The van der Waals surface area contributed by atoms with Crippen LogP contribution in [0.1, 0.15) is 23.4 Å². The molecule has 6 heteroatoms. The summed E-state index contributed by atoms with van der Waals surface area (Å²) in [7, 11) is 1.77. The van der Waals surface area contributed by atoms with Gasteiger partial charge in [0.2, 0.25) is 0 Å². The van der Waals surface area contributed by atoms with Crippen LogP contribution in [0.4, 0.5) is 4.79 Å². The molecule has 1 aliphatic heterocycles. The van der Waals surface area contributed by atoms with E-state index in [0.29, 0.717) is 6.54 Å². The maximum atomic E-state index is 12.3. The molecule has 0 radical (unpaired) electrons.